The number of aliphatic hydroxyl groups excluding tert-OH is 1. The second kappa shape index (κ2) is 4.66. The number of aliphatic hydroxyl groups is 1. The molecule has 0 aliphatic rings. The summed E-state index contributed by atoms with van der Waals surface area (Å²) in [7, 11) is 0. The third kappa shape index (κ3) is 2.47. The smallest absolute Gasteiger partial charge is 0.222 e. The van der Waals surface area contributed by atoms with Gasteiger partial charge in [0.2, 0.25) is 5.95 Å². The van der Waals surface area contributed by atoms with Crippen molar-refractivity contribution in [1.29, 1.82) is 0 Å². The van der Waals surface area contributed by atoms with Gasteiger partial charge in [-0.3, -0.25) is 0 Å². The molecule has 0 unspecified atom stereocenters. The van der Waals surface area contributed by atoms with Gasteiger partial charge < -0.3 is 10.4 Å². The third-order valence-electron chi connectivity index (χ3n) is 1.51. The highest BCUT2D eigenvalue weighted by Gasteiger charge is 1.93. The van der Waals surface area contributed by atoms with Gasteiger partial charge in [0.1, 0.15) is 0 Å². The highest BCUT2D eigenvalue weighted by Crippen LogP contribution is 1.99. The largest absolute Gasteiger partial charge is 0.395 e. The van der Waals surface area contributed by atoms with E-state index >= 15 is 0 Å². The van der Waals surface area contributed by atoms with E-state index in [-0.39, 0.29) is 6.61 Å². The van der Waals surface area contributed by atoms with Gasteiger partial charge in [-0.25, -0.2) is 9.97 Å². The van der Waals surface area contributed by atoms with Crippen molar-refractivity contribution in [3.63, 3.8) is 0 Å². The van der Waals surface area contributed by atoms with Crippen molar-refractivity contribution in [3.05, 3.63) is 18.0 Å². The van der Waals surface area contributed by atoms with Crippen LogP contribution in [0.3, 0.4) is 0 Å². The quantitative estimate of drug-likeness (QED) is 0.683. The second-order valence-electron chi connectivity index (χ2n) is 2.42. The average molecular weight is 167 g/mol. The molecule has 0 radical (unpaired) electrons. The van der Waals surface area contributed by atoms with Crippen molar-refractivity contribution in [2.45, 2.75) is 13.3 Å². The molecule has 1 rings (SSSR count). The summed E-state index contributed by atoms with van der Waals surface area (Å²) in [5.41, 5.74) is 1.12. The van der Waals surface area contributed by atoms with Gasteiger partial charge in [-0.1, -0.05) is 6.92 Å². The molecule has 4 heteroatoms. The summed E-state index contributed by atoms with van der Waals surface area (Å²) in [5.74, 6) is 0.571. The third-order valence-corrected chi connectivity index (χ3v) is 1.51. The number of nitrogens with one attached hydrogen (secondary N) is 1. The number of anilines is 1. The number of hydrogen-bond acceptors (Lipinski definition) is 4. The van der Waals surface area contributed by atoms with Gasteiger partial charge in [0, 0.05) is 18.9 Å². The van der Waals surface area contributed by atoms with E-state index in [9.17, 15) is 0 Å². The van der Waals surface area contributed by atoms with Crippen molar-refractivity contribution in [2.24, 2.45) is 0 Å². The van der Waals surface area contributed by atoms with E-state index in [0.29, 0.717) is 12.5 Å². The minimum Gasteiger partial charge on any atom is -0.395 e. The van der Waals surface area contributed by atoms with E-state index in [1.165, 1.54) is 0 Å². The van der Waals surface area contributed by atoms with Crippen molar-refractivity contribution >= 4 is 5.95 Å². The molecule has 0 saturated heterocycles. The van der Waals surface area contributed by atoms with Crippen LogP contribution in [0.2, 0.25) is 0 Å². The molecule has 0 aromatic carbocycles. The van der Waals surface area contributed by atoms with E-state index in [4.69, 9.17) is 5.11 Å². The summed E-state index contributed by atoms with van der Waals surface area (Å²) in [5, 5.41) is 11.4. The Labute approximate surface area is 71.7 Å². The fraction of sp³-hybridized carbons (Fsp3) is 0.500. The van der Waals surface area contributed by atoms with Crippen LogP contribution in [0.1, 0.15) is 12.5 Å². The minimum atomic E-state index is 0.0961. The first-order valence-corrected chi connectivity index (χ1v) is 4.02. The number of hydrogen-bond donors (Lipinski definition) is 2. The van der Waals surface area contributed by atoms with Crippen molar-refractivity contribution in [2.75, 3.05) is 18.5 Å². The van der Waals surface area contributed by atoms with E-state index in [1.807, 2.05) is 0 Å². The maximum Gasteiger partial charge on any atom is 0.222 e. The molecule has 4 nitrogen and oxygen atoms in total. The molecule has 0 aliphatic carbocycles. The molecule has 1 heterocycles. The topological polar surface area (TPSA) is 58.0 Å². The highest BCUT2D eigenvalue weighted by atomic mass is 16.3. The summed E-state index contributed by atoms with van der Waals surface area (Å²) in [4.78, 5) is 8.11. The maximum absolute atomic E-state index is 8.51. The van der Waals surface area contributed by atoms with Gasteiger partial charge in [0.15, 0.2) is 0 Å². The van der Waals surface area contributed by atoms with Gasteiger partial charge in [0.05, 0.1) is 6.61 Å². The Balaban J connectivity index is 2.53. The predicted molar refractivity (Wildman–Crippen MR) is 47.0 cm³/mol. The minimum absolute atomic E-state index is 0.0961. The normalized spacial score (nSPS) is 9.83. The summed E-state index contributed by atoms with van der Waals surface area (Å²) < 4.78 is 0. The number of aromatic nitrogens is 2. The van der Waals surface area contributed by atoms with Gasteiger partial charge in [0.25, 0.3) is 0 Å². The Morgan fingerprint density at radius 3 is 2.58 bits per heavy atom. The molecule has 12 heavy (non-hydrogen) atoms. The fourth-order valence-electron chi connectivity index (χ4n) is 0.796. The van der Waals surface area contributed by atoms with Gasteiger partial charge in [-0.15, -0.1) is 0 Å². The lowest BCUT2D eigenvalue weighted by molar-refractivity contribution is 0.311. The van der Waals surface area contributed by atoms with E-state index in [1.54, 1.807) is 12.4 Å². The molecule has 1 aromatic rings. The molecule has 0 amide bonds. The van der Waals surface area contributed by atoms with Crippen LogP contribution in [0.25, 0.3) is 0 Å². The molecule has 0 atom stereocenters. The fourth-order valence-corrected chi connectivity index (χ4v) is 0.796. The Morgan fingerprint density at radius 1 is 1.42 bits per heavy atom. The lowest BCUT2D eigenvalue weighted by Gasteiger charge is -2.01. The van der Waals surface area contributed by atoms with Crippen molar-refractivity contribution < 1.29 is 5.11 Å². The van der Waals surface area contributed by atoms with Gasteiger partial charge in [-0.05, 0) is 12.0 Å². The monoisotopic (exact) mass is 167 g/mol. The number of rotatable bonds is 4. The number of nitrogens with zero attached hydrogens (tertiary/aromatic N) is 2. The van der Waals surface area contributed by atoms with Crippen LogP contribution in [0.15, 0.2) is 12.4 Å². The first-order chi connectivity index (χ1) is 5.86. The number of aryl methyl sites for hydroxylation is 1. The summed E-state index contributed by atoms with van der Waals surface area (Å²) in [6, 6.07) is 0. The Hall–Kier alpha value is -1.16. The molecule has 1 aromatic heterocycles. The van der Waals surface area contributed by atoms with E-state index in [0.717, 1.165) is 12.0 Å². The molecule has 0 aliphatic heterocycles. The van der Waals surface area contributed by atoms with Crippen LogP contribution in [0, 0.1) is 0 Å². The van der Waals surface area contributed by atoms with Crippen molar-refractivity contribution in [3.8, 4) is 0 Å². The van der Waals surface area contributed by atoms with E-state index < -0.39 is 0 Å². The summed E-state index contributed by atoms with van der Waals surface area (Å²) >= 11 is 0. The highest BCUT2D eigenvalue weighted by molar-refractivity contribution is 5.24. The molecule has 0 fully saturated rings. The standard InChI is InChI=1S/C8H13N3O/c1-2-7-5-10-8(11-6-7)9-3-4-12/h5-6,12H,2-4H2,1H3,(H,9,10,11). The van der Waals surface area contributed by atoms with Crippen LogP contribution in [-0.4, -0.2) is 28.2 Å². The second-order valence-corrected chi connectivity index (χ2v) is 2.42. The zero-order valence-electron chi connectivity index (χ0n) is 7.12. The Morgan fingerprint density at radius 2 is 2.08 bits per heavy atom. The first-order valence-electron chi connectivity index (χ1n) is 4.02. The molecule has 0 spiro atoms. The van der Waals surface area contributed by atoms with Crippen molar-refractivity contribution in [1.82, 2.24) is 9.97 Å². The van der Waals surface area contributed by atoms with Crippen LogP contribution >= 0.6 is 0 Å². The SMILES string of the molecule is CCc1cnc(NCCO)nc1. The van der Waals surface area contributed by atoms with Gasteiger partial charge in [-0.2, -0.15) is 0 Å². The van der Waals surface area contributed by atoms with Crippen LogP contribution in [-0.2, 0) is 6.42 Å². The molecule has 66 valence electrons. The lowest BCUT2D eigenvalue weighted by atomic mass is 10.3. The molecule has 2 N–H and O–H groups in total. The predicted octanol–water partition coefficient (Wildman–Crippen LogP) is 0.443. The Bertz CT molecular complexity index is 222. The molecular weight excluding hydrogens is 154 g/mol. The first kappa shape index (κ1) is 8.93. The maximum atomic E-state index is 8.51. The summed E-state index contributed by atoms with van der Waals surface area (Å²) in [6.07, 6.45) is 4.51. The zero-order valence-corrected chi connectivity index (χ0v) is 7.12. The average Bonchev–Trinajstić information content (AvgIpc) is 2.15. The van der Waals surface area contributed by atoms with Crippen LogP contribution < -0.4 is 5.32 Å². The molecular formula is C8H13N3O. The van der Waals surface area contributed by atoms with E-state index in [2.05, 4.69) is 22.2 Å². The summed E-state index contributed by atoms with van der Waals surface area (Å²) in [6.45, 7) is 2.64. The van der Waals surface area contributed by atoms with Crippen LogP contribution in [0.4, 0.5) is 5.95 Å². The van der Waals surface area contributed by atoms with Gasteiger partial charge >= 0.3 is 0 Å². The van der Waals surface area contributed by atoms with Crippen LogP contribution in [0.5, 0.6) is 0 Å². The molecule has 0 bridgehead atoms. The zero-order chi connectivity index (χ0) is 8.81. The lowest BCUT2D eigenvalue weighted by Crippen LogP contribution is -2.08. The Kier molecular flexibility index (Phi) is 3.47. The molecule has 0 saturated carbocycles.